The summed E-state index contributed by atoms with van der Waals surface area (Å²) >= 11 is 0. The first kappa shape index (κ1) is 46.2. The van der Waals surface area contributed by atoms with Gasteiger partial charge in [-0.15, -0.1) is 0 Å². The summed E-state index contributed by atoms with van der Waals surface area (Å²) in [5.74, 6) is -0.510. The summed E-state index contributed by atoms with van der Waals surface area (Å²) in [4.78, 5) is 39.4. The fourth-order valence-corrected chi connectivity index (χ4v) is 7.33. The fraction of sp³-hybridized carbons (Fsp3) is 0.264. The Balaban J connectivity index is 1.10. The molecule has 6 aromatic carbocycles. The molecule has 6 atom stereocenters. The number of rotatable bonds is 21. The molecule has 1 aliphatic rings. The molecule has 1 aliphatic heterocycles. The van der Waals surface area contributed by atoms with E-state index in [0.717, 1.165) is 27.8 Å². The van der Waals surface area contributed by atoms with Gasteiger partial charge in [-0.3, -0.25) is 4.79 Å². The van der Waals surface area contributed by atoms with E-state index in [0.29, 0.717) is 17.9 Å². The Hall–Kier alpha value is -6.83. The van der Waals surface area contributed by atoms with E-state index < -0.39 is 48.7 Å². The maximum atomic E-state index is 13.5. The van der Waals surface area contributed by atoms with Gasteiger partial charge in [-0.2, -0.15) is 0 Å². The van der Waals surface area contributed by atoms with Crippen LogP contribution in [0.5, 0.6) is 5.75 Å². The first-order chi connectivity index (χ1) is 31.9. The van der Waals surface area contributed by atoms with Crippen LogP contribution in [-0.2, 0) is 77.5 Å². The fourth-order valence-electron chi connectivity index (χ4n) is 7.33. The highest BCUT2D eigenvalue weighted by atomic mass is 16.7. The average Bonchev–Trinajstić information content (AvgIpc) is 3.34. The molecule has 1 unspecified atom stereocenters. The molecule has 0 saturated carbocycles. The molecule has 0 bridgehead atoms. The summed E-state index contributed by atoms with van der Waals surface area (Å²) < 4.78 is 44.0. The topological polar surface area (TPSA) is 140 Å². The molecule has 6 aromatic rings. The molecule has 1 heterocycles. The molecule has 7 rings (SSSR count). The van der Waals surface area contributed by atoms with Crippen molar-refractivity contribution in [2.75, 3.05) is 6.61 Å². The van der Waals surface area contributed by atoms with Crippen molar-refractivity contribution in [1.82, 2.24) is 10.6 Å². The van der Waals surface area contributed by atoms with E-state index in [2.05, 4.69) is 10.6 Å². The van der Waals surface area contributed by atoms with E-state index in [1.54, 1.807) is 24.3 Å². The van der Waals surface area contributed by atoms with Crippen LogP contribution < -0.4 is 15.4 Å². The van der Waals surface area contributed by atoms with Crippen LogP contribution in [0.25, 0.3) is 0 Å². The number of nitrogens with one attached hydrogen (secondary N) is 2. The van der Waals surface area contributed by atoms with E-state index in [1.165, 1.54) is 6.92 Å². The van der Waals surface area contributed by atoms with Crippen LogP contribution in [0.4, 0.5) is 4.79 Å². The zero-order chi connectivity index (χ0) is 45.1. The molecule has 12 nitrogen and oxygen atoms in total. The lowest BCUT2D eigenvalue weighted by molar-refractivity contribution is -0.270. The molecule has 65 heavy (non-hydrogen) atoms. The second kappa shape index (κ2) is 24.3. The van der Waals surface area contributed by atoms with E-state index in [9.17, 15) is 14.4 Å². The van der Waals surface area contributed by atoms with Gasteiger partial charge in [0.15, 0.2) is 0 Å². The molecule has 0 spiro atoms. The highest BCUT2D eigenvalue weighted by Crippen LogP contribution is 2.31. The van der Waals surface area contributed by atoms with Gasteiger partial charge in [0, 0.05) is 13.3 Å². The second-order valence-electron chi connectivity index (χ2n) is 15.6. The van der Waals surface area contributed by atoms with Crippen LogP contribution in [0.15, 0.2) is 176 Å². The van der Waals surface area contributed by atoms with E-state index in [-0.39, 0.29) is 45.4 Å². The van der Waals surface area contributed by atoms with Crippen LogP contribution >= 0.6 is 0 Å². The van der Waals surface area contributed by atoms with Crippen LogP contribution in [0.1, 0.15) is 40.3 Å². The lowest BCUT2D eigenvalue weighted by Gasteiger charge is -2.46. The number of hydrogen-bond donors (Lipinski definition) is 2. The number of carbonyl (C=O) groups is 3. The predicted molar refractivity (Wildman–Crippen MR) is 243 cm³/mol. The molecule has 2 N–H and O–H groups in total. The van der Waals surface area contributed by atoms with Crippen molar-refractivity contribution in [2.45, 2.75) is 83.1 Å². The third-order valence-electron chi connectivity index (χ3n) is 10.6. The molecule has 2 amide bonds. The number of esters is 1. The molecule has 0 aliphatic carbocycles. The molecule has 336 valence electrons. The maximum Gasteiger partial charge on any atom is 0.408 e. The Morgan fingerprint density at radius 1 is 0.538 bits per heavy atom. The largest absolute Gasteiger partial charge is 0.463 e. The summed E-state index contributed by atoms with van der Waals surface area (Å²) in [5, 5.41) is 5.74. The minimum atomic E-state index is -1.06. The Morgan fingerprint density at radius 3 is 1.51 bits per heavy atom. The summed E-state index contributed by atoms with van der Waals surface area (Å²) in [6.45, 7) is 2.46. The van der Waals surface area contributed by atoms with Crippen LogP contribution in [-0.4, -0.2) is 61.3 Å². The van der Waals surface area contributed by atoms with Crippen molar-refractivity contribution in [3.63, 3.8) is 0 Å². The van der Waals surface area contributed by atoms with Gasteiger partial charge in [0.2, 0.25) is 12.2 Å². The number of carbonyl (C=O) groups excluding carboxylic acids is 3. The van der Waals surface area contributed by atoms with Gasteiger partial charge in [0.05, 0.1) is 26.4 Å². The quantitative estimate of drug-likeness (QED) is 0.0680. The number of hydrogen-bond acceptors (Lipinski definition) is 10. The number of ether oxygens (including phenoxy) is 7. The Kier molecular flexibility index (Phi) is 17.3. The monoisotopic (exact) mass is 878 g/mol. The average molecular weight is 879 g/mol. The highest BCUT2D eigenvalue weighted by Gasteiger charge is 2.49. The molecule has 12 heteroatoms. The third kappa shape index (κ3) is 14.6. The Morgan fingerprint density at radius 2 is 1.00 bits per heavy atom. The number of benzene rings is 6. The molecule has 1 saturated heterocycles. The lowest BCUT2D eigenvalue weighted by Crippen LogP contribution is -2.66. The molecular weight excluding hydrogens is 825 g/mol. The Labute approximate surface area is 379 Å². The van der Waals surface area contributed by atoms with Crippen LogP contribution in [0.3, 0.4) is 0 Å². The molecule has 0 radical (unpaired) electrons. The summed E-state index contributed by atoms with van der Waals surface area (Å²) in [6, 6.07) is 53.1. The highest BCUT2D eigenvalue weighted by molar-refractivity contribution is 5.81. The van der Waals surface area contributed by atoms with Crippen molar-refractivity contribution in [2.24, 2.45) is 0 Å². The Bertz CT molecular complexity index is 2340. The standard InChI is InChI=1S/C53H54N2O10/c1-38(56)54-48-50(61-34-42-21-11-4-12-22-42)49(60-33-41-19-9-3-10-20-41)47(37-59-32-40-17-7-2-8-18-40)65-52(48)64-45-29-27-39(28-30-45)31-46(51(57)62-35-43-23-13-5-14-24-43)55-53(58)63-36-44-25-15-6-16-26-44/h2-30,46-50,52H,31-37H2,1H3,(H,54,56)(H,55,58)/t46?,47-,48-,49-,50-,52+/m1/s1. The van der Waals surface area contributed by atoms with Gasteiger partial charge in [-0.25, -0.2) is 9.59 Å². The van der Waals surface area contributed by atoms with Gasteiger partial charge in [0.1, 0.15) is 49.4 Å². The number of alkyl carbamates (subject to hydrolysis) is 1. The molecular formula is C53H54N2O10. The SMILES string of the molecule is CC(=O)N[C@H]1[C@@H](Oc2ccc(CC(NC(=O)OCc3ccccc3)C(=O)OCc3ccccc3)cc2)O[C@H](COCc2ccccc2)[C@@H](OCc2ccccc2)[C@@H]1OCc1ccccc1. The first-order valence-electron chi connectivity index (χ1n) is 21.6. The minimum Gasteiger partial charge on any atom is -0.463 e. The van der Waals surface area contributed by atoms with Crippen molar-refractivity contribution in [3.05, 3.63) is 209 Å². The first-order valence-corrected chi connectivity index (χ1v) is 21.6. The zero-order valence-corrected chi connectivity index (χ0v) is 36.2. The maximum absolute atomic E-state index is 13.5. The van der Waals surface area contributed by atoms with E-state index >= 15 is 0 Å². The van der Waals surface area contributed by atoms with E-state index in [1.807, 2.05) is 152 Å². The van der Waals surface area contributed by atoms with Crippen molar-refractivity contribution in [3.8, 4) is 5.75 Å². The van der Waals surface area contributed by atoms with Crippen molar-refractivity contribution >= 4 is 18.0 Å². The van der Waals surface area contributed by atoms with Crippen molar-refractivity contribution < 1.29 is 47.5 Å². The summed E-state index contributed by atoms with van der Waals surface area (Å²) in [6.07, 6.45) is -3.84. The predicted octanol–water partition coefficient (Wildman–Crippen LogP) is 8.26. The molecule has 1 fully saturated rings. The third-order valence-corrected chi connectivity index (χ3v) is 10.6. The van der Waals surface area contributed by atoms with Gasteiger partial charge in [-0.05, 0) is 45.5 Å². The van der Waals surface area contributed by atoms with Gasteiger partial charge >= 0.3 is 12.1 Å². The smallest absolute Gasteiger partial charge is 0.408 e. The number of amides is 2. The van der Waals surface area contributed by atoms with Gasteiger partial charge in [0.25, 0.3) is 0 Å². The van der Waals surface area contributed by atoms with Gasteiger partial charge < -0.3 is 43.8 Å². The zero-order valence-electron chi connectivity index (χ0n) is 36.2. The van der Waals surface area contributed by atoms with E-state index in [4.69, 9.17) is 33.2 Å². The van der Waals surface area contributed by atoms with Crippen LogP contribution in [0, 0.1) is 0 Å². The lowest BCUT2D eigenvalue weighted by atomic mass is 9.95. The molecule has 0 aromatic heterocycles. The summed E-state index contributed by atoms with van der Waals surface area (Å²) in [7, 11) is 0. The van der Waals surface area contributed by atoms with Crippen molar-refractivity contribution in [1.29, 1.82) is 0 Å². The normalized spacial score (nSPS) is 18.4. The second-order valence-corrected chi connectivity index (χ2v) is 15.6. The van der Waals surface area contributed by atoms with Crippen LogP contribution in [0.2, 0.25) is 0 Å². The van der Waals surface area contributed by atoms with Gasteiger partial charge in [-0.1, -0.05) is 164 Å². The minimum absolute atomic E-state index is 0.0330. The summed E-state index contributed by atoms with van der Waals surface area (Å²) in [5.41, 5.74) is 5.21.